The minimum absolute atomic E-state index is 0.107. The van der Waals surface area contributed by atoms with E-state index in [9.17, 15) is 17.6 Å². The third kappa shape index (κ3) is 4.49. The van der Waals surface area contributed by atoms with Crippen molar-refractivity contribution in [3.8, 4) is 11.1 Å². The Morgan fingerprint density at radius 3 is 2.47 bits per heavy atom. The van der Waals surface area contributed by atoms with E-state index in [-0.39, 0.29) is 11.5 Å². The van der Waals surface area contributed by atoms with E-state index in [0.717, 1.165) is 30.8 Å². The van der Waals surface area contributed by atoms with Crippen molar-refractivity contribution in [3.63, 3.8) is 0 Å². The molecule has 1 atom stereocenters. The van der Waals surface area contributed by atoms with Crippen LogP contribution in [0, 0.1) is 17.6 Å². The average molecular weight is 538 g/mol. The molecule has 38 heavy (non-hydrogen) atoms. The first-order chi connectivity index (χ1) is 18.2. The zero-order valence-electron chi connectivity index (χ0n) is 20.6. The summed E-state index contributed by atoms with van der Waals surface area (Å²) < 4.78 is 59.3. The number of ketones is 1. The highest BCUT2D eigenvalue weighted by Gasteiger charge is 2.33. The van der Waals surface area contributed by atoms with Gasteiger partial charge in [0.05, 0.1) is 16.9 Å². The minimum Gasteiger partial charge on any atom is -0.288 e. The van der Waals surface area contributed by atoms with Crippen molar-refractivity contribution in [2.75, 3.05) is 17.8 Å². The Kier molecular flexibility index (Phi) is 6.07. The van der Waals surface area contributed by atoms with Crippen molar-refractivity contribution in [1.82, 2.24) is 19.3 Å². The number of carbonyl (C=O) groups excluding carboxylic acids is 1. The van der Waals surface area contributed by atoms with Gasteiger partial charge in [0.15, 0.2) is 11.6 Å². The summed E-state index contributed by atoms with van der Waals surface area (Å²) in [6.45, 7) is 2.53. The third-order valence-electron chi connectivity index (χ3n) is 7.24. The average Bonchev–Trinajstić information content (AvgIpc) is 3.51. The number of anilines is 1. The first kappa shape index (κ1) is 24.7. The number of Topliss-reactive ketones (excluding diaryl/α,β-unsaturated/α-hetero) is 1. The zero-order chi connectivity index (χ0) is 26.6. The van der Waals surface area contributed by atoms with Crippen LogP contribution in [-0.4, -0.2) is 46.5 Å². The fraction of sp³-hybridized carbons (Fsp3) is 0.333. The number of fused-ring (bicyclic) bond motifs is 1. The van der Waals surface area contributed by atoms with Gasteiger partial charge in [-0.3, -0.25) is 14.5 Å². The van der Waals surface area contributed by atoms with Crippen molar-refractivity contribution in [2.45, 2.75) is 38.5 Å². The van der Waals surface area contributed by atoms with Crippen LogP contribution in [-0.2, 0) is 16.6 Å². The molecule has 0 amide bonds. The molecule has 1 saturated carbocycles. The number of halogens is 2. The summed E-state index contributed by atoms with van der Waals surface area (Å²) in [5.74, 6) is -1.81. The molecule has 0 bridgehead atoms. The number of hydrogen-bond donors (Lipinski definition) is 1. The van der Waals surface area contributed by atoms with Gasteiger partial charge in [-0.25, -0.2) is 18.7 Å². The van der Waals surface area contributed by atoms with Crippen molar-refractivity contribution >= 4 is 27.3 Å². The van der Waals surface area contributed by atoms with Crippen LogP contribution >= 0.6 is 0 Å². The molecule has 3 aliphatic rings. The molecule has 0 spiro atoms. The largest absolute Gasteiger partial charge is 0.301 e. The molecular weight excluding hydrogens is 512 g/mol. The predicted molar refractivity (Wildman–Crippen MR) is 138 cm³/mol. The van der Waals surface area contributed by atoms with E-state index in [0.29, 0.717) is 54.2 Å². The number of aromatic nitrogens is 3. The zero-order valence-corrected chi connectivity index (χ0v) is 21.4. The Morgan fingerprint density at radius 1 is 1.05 bits per heavy atom. The Hall–Kier alpha value is -3.57. The molecule has 196 valence electrons. The van der Waals surface area contributed by atoms with Gasteiger partial charge in [-0.2, -0.15) is 12.7 Å². The molecule has 1 saturated heterocycles. The summed E-state index contributed by atoms with van der Waals surface area (Å²) in [7, 11) is -4.06. The highest BCUT2D eigenvalue weighted by Crippen LogP contribution is 2.38. The van der Waals surface area contributed by atoms with Gasteiger partial charge >= 0.3 is 10.2 Å². The summed E-state index contributed by atoms with van der Waals surface area (Å²) in [5, 5.41) is 0. The molecule has 0 radical (unpaired) electrons. The molecule has 6 rings (SSSR count). The van der Waals surface area contributed by atoms with E-state index in [1.165, 1.54) is 4.31 Å². The SMILES string of the molecule is C[C@@H]1CCN(S(=O)(=O)Nc2ccc(F)c(C(=O)C3=CCc4ncc(-c5cnc(C6CC6)nc5)cc43)c2F)C1. The van der Waals surface area contributed by atoms with E-state index in [4.69, 9.17) is 0 Å². The smallest absolute Gasteiger partial charge is 0.288 e. The number of nitrogens with one attached hydrogen (secondary N) is 1. The summed E-state index contributed by atoms with van der Waals surface area (Å²) >= 11 is 0. The second-order valence-corrected chi connectivity index (χ2v) is 11.8. The molecule has 1 N–H and O–H groups in total. The Labute approximate surface area is 219 Å². The summed E-state index contributed by atoms with van der Waals surface area (Å²) in [6, 6.07) is 3.62. The standard InChI is InChI=1S/C27H25F2N5O3S/c1-15-8-9-34(14-15)38(36,37)33-23-7-5-21(28)24(25(23)29)26(35)19-4-6-22-20(19)10-17(11-30-22)18-12-31-27(32-13-18)16-2-3-16/h4-5,7,10-13,15-16,33H,2-3,6,8-9,14H2,1H3/t15-/m1/s1. The number of nitrogens with zero attached hydrogens (tertiary/aromatic N) is 4. The number of benzene rings is 1. The van der Waals surface area contributed by atoms with Crippen LogP contribution in [0.15, 0.2) is 42.9 Å². The van der Waals surface area contributed by atoms with Crippen LogP contribution in [0.2, 0.25) is 0 Å². The van der Waals surface area contributed by atoms with E-state index in [2.05, 4.69) is 19.7 Å². The van der Waals surface area contributed by atoms with Crippen LogP contribution in [0.25, 0.3) is 16.7 Å². The van der Waals surface area contributed by atoms with Crippen LogP contribution in [0.3, 0.4) is 0 Å². The van der Waals surface area contributed by atoms with E-state index < -0.39 is 38.9 Å². The molecule has 2 aromatic heterocycles. The Balaban J connectivity index is 1.29. The molecule has 3 aromatic rings. The lowest BCUT2D eigenvalue weighted by molar-refractivity contribution is 0.104. The van der Waals surface area contributed by atoms with Crippen molar-refractivity contribution in [3.05, 3.63) is 77.1 Å². The highest BCUT2D eigenvalue weighted by molar-refractivity contribution is 7.90. The summed E-state index contributed by atoms with van der Waals surface area (Å²) in [4.78, 5) is 26.8. The maximum Gasteiger partial charge on any atom is 0.301 e. The van der Waals surface area contributed by atoms with Gasteiger partial charge in [0.2, 0.25) is 0 Å². The fourth-order valence-electron chi connectivity index (χ4n) is 4.90. The van der Waals surface area contributed by atoms with E-state index >= 15 is 4.39 Å². The Morgan fingerprint density at radius 2 is 1.79 bits per heavy atom. The number of rotatable bonds is 7. The van der Waals surface area contributed by atoms with E-state index in [1.54, 1.807) is 30.7 Å². The van der Waals surface area contributed by atoms with Gasteiger partial charge in [-0.05, 0) is 43.4 Å². The normalized spacial score (nSPS) is 19.3. The number of allylic oxidation sites excluding steroid dienone is 2. The topological polar surface area (TPSA) is 105 Å². The van der Waals surface area contributed by atoms with Crippen molar-refractivity contribution in [2.24, 2.45) is 5.92 Å². The molecule has 2 fully saturated rings. The minimum atomic E-state index is -4.06. The molecule has 0 unspecified atom stereocenters. The van der Waals surface area contributed by atoms with Crippen LogP contribution < -0.4 is 4.72 Å². The lowest BCUT2D eigenvalue weighted by atomic mass is 9.96. The molecule has 3 heterocycles. The van der Waals surface area contributed by atoms with Crippen molar-refractivity contribution < 1.29 is 22.0 Å². The Bertz CT molecular complexity index is 1590. The molecule has 8 nitrogen and oxygen atoms in total. The summed E-state index contributed by atoms with van der Waals surface area (Å²) in [6.07, 6.45) is 9.85. The third-order valence-corrected chi connectivity index (χ3v) is 8.73. The van der Waals surface area contributed by atoms with Gasteiger partial charge in [0.25, 0.3) is 0 Å². The van der Waals surface area contributed by atoms with Gasteiger partial charge in [-0.1, -0.05) is 13.0 Å². The number of carbonyl (C=O) groups is 1. The molecule has 2 aliphatic carbocycles. The van der Waals surface area contributed by atoms with Crippen LogP contribution in [0.4, 0.5) is 14.5 Å². The van der Waals surface area contributed by atoms with Crippen molar-refractivity contribution in [1.29, 1.82) is 0 Å². The summed E-state index contributed by atoms with van der Waals surface area (Å²) in [5.41, 5.74) is 1.27. The monoisotopic (exact) mass is 537 g/mol. The molecule has 11 heteroatoms. The van der Waals surface area contributed by atoms with E-state index in [1.807, 2.05) is 6.92 Å². The van der Waals surface area contributed by atoms with Crippen LogP contribution in [0.1, 0.15) is 59.5 Å². The highest BCUT2D eigenvalue weighted by atomic mass is 32.2. The number of hydrogen-bond acceptors (Lipinski definition) is 6. The maximum absolute atomic E-state index is 15.5. The lowest BCUT2D eigenvalue weighted by Crippen LogP contribution is -2.34. The second kappa shape index (κ2) is 9.32. The molecule has 1 aromatic carbocycles. The fourth-order valence-corrected chi connectivity index (χ4v) is 6.26. The predicted octanol–water partition coefficient (Wildman–Crippen LogP) is 4.52. The molecular formula is C27H25F2N5O3S. The quantitative estimate of drug-likeness (QED) is 0.445. The van der Waals surface area contributed by atoms with Gasteiger partial charge in [0.1, 0.15) is 11.6 Å². The lowest BCUT2D eigenvalue weighted by Gasteiger charge is -2.18. The van der Waals surface area contributed by atoms with Gasteiger partial charge < -0.3 is 0 Å². The first-order valence-corrected chi connectivity index (χ1v) is 14.0. The molecule has 1 aliphatic heterocycles. The van der Waals surface area contributed by atoms with Gasteiger partial charge in [0, 0.05) is 66.3 Å². The number of pyridine rings is 1. The maximum atomic E-state index is 15.5. The first-order valence-electron chi connectivity index (χ1n) is 12.5. The van der Waals surface area contributed by atoms with Gasteiger partial charge in [-0.15, -0.1) is 0 Å². The second-order valence-electron chi connectivity index (χ2n) is 10.1. The van der Waals surface area contributed by atoms with Crippen LogP contribution in [0.5, 0.6) is 0 Å².